The van der Waals surface area contributed by atoms with Gasteiger partial charge in [-0.3, -0.25) is 4.79 Å². The molecule has 5 heteroatoms. The van der Waals surface area contributed by atoms with E-state index in [1.165, 1.54) is 25.9 Å². The summed E-state index contributed by atoms with van der Waals surface area (Å²) in [5, 5.41) is 7.88. The van der Waals surface area contributed by atoms with Crippen LogP contribution in [0.4, 0.5) is 0 Å². The van der Waals surface area contributed by atoms with Gasteiger partial charge in [-0.2, -0.15) is 5.10 Å². The summed E-state index contributed by atoms with van der Waals surface area (Å²) in [4.78, 5) is 15.5. The average Bonchev–Trinajstić information content (AvgIpc) is 3.41. The van der Waals surface area contributed by atoms with Gasteiger partial charge in [0.2, 0.25) is 0 Å². The van der Waals surface area contributed by atoms with Crippen molar-refractivity contribution in [3.63, 3.8) is 0 Å². The minimum atomic E-state index is 0.0582. The molecule has 1 aliphatic carbocycles. The monoisotopic (exact) mass is 336 g/mol. The Labute approximate surface area is 148 Å². The predicted octanol–water partition coefficient (Wildman–Crippen LogP) is 2.57. The normalized spacial score (nSPS) is 28.1. The highest BCUT2D eigenvalue weighted by Gasteiger charge is 2.37. The van der Waals surface area contributed by atoms with Crippen molar-refractivity contribution in [2.75, 3.05) is 19.6 Å². The van der Waals surface area contributed by atoms with Crippen LogP contribution in [0.3, 0.4) is 0 Å². The quantitative estimate of drug-likeness (QED) is 0.934. The summed E-state index contributed by atoms with van der Waals surface area (Å²) in [5.74, 6) is 1.17. The summed E-state index contributed by atoms with van der Waals surface area (Å²) < 4.78 is 1.96. The number of para-hydroxylation sites is 1. The fourth-order valence-electron chi connectivity index (χ4n) is 4.43. The molecular weight excluding hydrogens is 312 g/mol. The Bertz CT molecular complexity index is 772. The van der Waals surface area contributed by atoms with Gasteiger partial charge in [-0.05, 0) is 56.8 Å². The van der Waals surface area contributed by atoms with Crippen molar-refractivity contribution in [3.05, 3.63) is 47.8 Å². The van der Waals surface area contributed by atoms with E-state index in [2.05, 4.69) is 15.3 Å². The Balaban J connectivity index is 1.42. The van der Waals surface area contributed by atoms with E-state index in [9.17, 15) is 4.79 Å². The molecule has 1 atom stereocenters. The topological polar surface area (TPSA) is 50.2 Å². The second-order valence-electron chi connectivity index (χ2n) is 7.68. The molecule has 4 aliphatic rings. The first kappa shape index (κ1) is 15.1. The molecule has 6 rings (SSSR count). The average molecular weight is 336 g/mol. The number of amides is 1. The Morgan fingerprint density at radius 2 is 1.84 bits per heavy atom. The molecule has 1 aromatic heterocycles. The van der Waals surface area contributed by atoms with Crippen LogP contribution in [-0.4, -0.2) is 46.3 Å². The van der Waals surface area contributed by atoms with E-state index < -0.39 is 0 Å². The zero-order valence-electron chi connectivity index (χ0n) is 14.4. The number of benzene rings is 1. The van der Waals surface area contributed by atoms with Gasteiger partial charge in [-0.25, -0.2) is 4.68 Å². The van der Waals surface area contributed by atoms with Crippen molar-refractivity contribution in [2.24, 2.45) is 5.92 Å². The van der Waals surface area contributed by atoms with E-state index >= 15 is 0 Å². The lowest BCUT2D eigenvalue weighted by molar-refractivity contribution is 0.0620. The third kappa shape index (κ3) is 2.76. The van der Waals surface area contributed by atoms with E-state index in [0.29, 0.717) is 17.9 Å². The van der Waals surface area contributed by atoms with Crippen LogP contribution in [0, 0.1) is 5.92 Å². The number of hydrogen-bond donors (Lipinski definition) is 1. The van der Waals surface area contributed by atoms with Crippen molar-refractivity contribution >= 4 is 5.91 Å². The molecule has 1 unspecified atom stereocenters. The van der Waals surface area contributed by atoms with Crippen LogP contribution in [-0.2, 0) is 0 Å². The number of aromatic nitrogens is 2. The molecule has 1 N–H and O–H groups in total. The molecule has 25 heavy (non-hydrogen) atoms. The number of carbonyl (C=O) groups excluding carboxylic acids is 1. The number of fused-ring (bicyclic) bond motifs is 3. The van der Waals surface area contributed by atoms with Crippen LogP contribution in [0.15, 0.2) is 36.5 Å². The van der Waals surface area contributed by atoms with E-state index in [-0.39, 0.29) is 5.91 Å². The predicted molar refractivity (Wildman–Crippen MR) is 96.0 cm³/mol. The lowest BCUT2D eigenvalue weighted by Crippen LogP contribution is -2.57. The molecule has 2 bridgehead atoms. The zero-order valence-corrected chi connectivity index (χ0v) is 14.4. The van der Waals surface area contributed by atoms with Gasteiger partial charge in [0.1, 0.15) is 0 Å². The fraction of sp³-hybridized carbons (Fsp3) is 0.500. The molecule has 0 spiro atoms. The number of nitrogens with one attached hydrogen (secondary N) is 1. The Kier molecular flexibility index (Phi) is 3.63. The van der Waals surface area contributed by atoms with Gasteiger partial charge >= 0.3 is 0 Å². The Hall–Kier alpha value is -2.14. The number of piperidine rings is 3. The molecule has 1 saturated carbocycles. The van der Waals surface area contributed by atoms with Gasteiger partial charge < -0.3 is 10.2 Å². The largest absolute Gasteiger partial charge is 0.348 e. The minimum Gasteiger partial charge on any atom is -0.348 e. The molecule has 4 heterocycles. The molecule has 3 aliphatic heterocycles. The molecule has 130 valence electrons. The molecule has 5 nitrogen and oxygen atoms in total. The second-order valence-corrected chi connectivity index (χ2v) is 7.68. The van der Waals surface area contributed by atoms with E-state index in [4.69, 9.17) is 0 Å². The SMILES string of the molecule is O=C(NC1CN2CCC1CC2)c1cnn(-c2ccccc2)c1C1CC1. The highest BCUT2D eigenvalue weighted by molar-refractivity contribution is 5.95. The van der Waals surface area contributed by atoms with E-state index in [1.807, 2.05) is 35.0 Å². The summed E-state index contributed by atoms with van der Waals surface area (Å²) in [6, 6.07) is 10.4. The van der Waals surface area contributed by atoms with Crippen LogP contribution < -0.4 is 5.32 Å². The molecule has 1 amide bonds. The first-order valence-corrected chi connectivity index (χ1v) is 9.46. The highest BCUT2D eigenvalue weighted by atomic mass is 16.1. The maximum Gasteiger partial charge on any atom is 0.255 e. The first-order valence-electron chi connectivity index (χ1n) is 9.46. The van der Waals surface area contributed by atoms with Crippen molar-refractivity contribution in [1.82, 2.24) is 20.0 Å². The summed E-state index contributed by atoms with van der Waals surface area (Å²) in [5.41, 5.74) is 2.89. The Morgan fingerprint density at radius 1 is 1.08 bits per heavy atom. The maximum absolute atomic E-state index is 13.0. The smallest absolute Gasteiger partial charge is 0.255 e. The number of carbonyl (C=O) groups is 1. The zero-order chi connectivity index (χ0) is 16.8. The standard InChI is InChI=1S/C20H24N4O/c25-20(22-18-13-23-10-8-14(18)9-11-23)17-12-21-24(19(17)15-6-7-15)16-4-2-1-3-5-16/h1-5,12,14-15,18H,6-11,13H2,(H,22,25). The molecule has 2 aromatic rings. The lowest BCUT2D eigenvalue weighted by Gasteiger charge is -2.44. The highest BCUT2D eigenvalue weighted by Crippen LogP contribution is 2.42. The number of nitrogens with zero attached hydrogens (tertiary/aromatic N) is 3. The van der Waals surface area contributed by atoms with Crippen LogP contribution in [0.5, 0.6) is 0 Å². The molecule has 0 radical (unpaired) electrons. The maximum atomic E-state index is 13.0. The third-order valence-electron chi connectivity index (χ3n) is 5.99. The fourth-order valence-corrected chi connectivity index (χ4v) is 4.43. The van der Waals surface area contributed by atoms with Crippen molar-refractivity contribution in [3.8, 4) is 5.69 Å². The van der Waals surface area contributed by atoms with Gasteiger partial charge in [-0.1, -0.05) is 18.2 Å². The van der Waals surface area contributed by atoms with Crippen LogP contribution in [0.25, 0.3) is 5.69 Å². The number of rotatable bonds is 4. The van der Waals surface area contributed by atoms with Gasteiger partial charge in [0.15, 0.2) is 0 Å². The second kappa shape index (κ2) is 5.99. The van der Waals surface area contributed by atoms with Crippen LogP contribution >= 0.6 is 0 Å². The third-order valence-corrected chi connectivity index (χ3v) is 5.99. The van der Waals surface area contributed by atoms with Gasteiger partial charge in [-0.15, -0.1) is 0 Å². The van der Waals surface area contributed by atoms with E-state index in [1.54, 1.807) is 6.20 Å². The molecule has 1 aromatic carbocycles. The lowest BCUT2D eigenvalue weighted by atomic mass is 9.84. The molecular formula is C20H24N4O. The molecule has 3 saturated heterocycles. The summed E-state index contributed by atoms with van der Waals surface area (Å²) in [6.07, 6.45) is 6.49. The molecule has 4 fully saturated rings. The van der Waals surface area contributed by atoms with Crippen LogP contribution in [0.1, 0.15) is 47.7 Å². The van der Waals surface area contributed by atoms with Crippen molar-refractivity contribution in [2.45, 2.75) is 37.6 Å². The van der Waals surface area contributed by atoms with Gasteiger partial charge in [0.05, 0.1) is 23.1 Å². The van der Waals surface area contributed by atoms with E-state index in [0.717, 1.165) is 36.3 Å². The summed E-state index contributed by atoms with van der Waals surface area (Å²) in [7, 11) is 0. The first-order chi connectivity index (χ1) is 12.3. The van der Waals surface area contributed by atoms with Crippen molar-refractivity contribution in [1.29, 1.82) is 0 Å². The van der Waals surface area contributed by atoms with Gasteiger partial charge in [0, 0.05) is 18.5 Å². The Morgan fingerprint density at radius 3 is 2.48 bits per heavy atom. The summed E-state index contributed by atoms with van der Waals surface area (Å²) >= 11 is 0. The van der Waals surface area contributed by atoms with Crippen LogP contribution in [0.2, 0.25) is 0 Å². The van der Waals surface area contributed by atoms with Crippen molar-refractivity contribution < 1.29 is 4.79 Å². The van der Waals surface area contributed by atoms with Gasteiger partial charge in [0.25, 0.3) is 5.91 Å². The number of hydrogen-bond acceptors (Lipinski definition) is 3. The summed E-state index contributed by atoms with van der Waals surface area (Å²) in [6.45, 7) is 3.38. The minimum absolute atomic E-state index is 0.0582.